The van der Waals surface area contributed by atoms with Gasteiger partial charge in [-0.15, -0.1) is 0 Å². The summed E-state index contributed by atoms with van der Waals surface area (Å²) in [5.74, 6) is 1.70. The van der Waals surface area contributed by atoms with E-state index in [9.17, 15) is 8.42 Å². The molecule has 21 heavy (non-hydrogen) atoms. The number of hydrogen-bond donors (Lipinski definition) is 0. The Bertz CT molecular complexity index is 744. The molecule has 2 rings (SSSR count). The highest BCUT2D eigenvalue weighted by molar-refractivity contribution is 7.90. The molecule has 0 aliphatic heterocycles. The Hall–Kier alpha value is -2.52. The minimum atomic E-state index is -3.21. The third-order valence-corrected chi connectivity index (χ3v) is 3.74. The molecule has 0 spiro atoms. The average molecular weight is 303 g/mol. The second-order valence-electron chi connectivity index (χ2n) is 4.26. The van der Waals surface area contributed by atoms with Gasteiger partial charge >= 0.3 is 0 Å². The van der Waals surface area contributed by atoms with E-state index in [1.807, 2.05) is 6.07 Å². The van der Waals surface area contributed by atoms with Gasteiger partial charge in [-0.3, -0.25) is 0 Å². The summed E-state index contributed by atoms with van der Waals surface area (Å²) >= 11 is 0. The highest BCUT2D eigenvalue weighted by atomic mass is 32.2. The number of hydrogen-bond acceptors (Lipinski definition) is 5. The molecule has 6 heteroatoms. The van der Waals surface area contributed by atoms with Crippen LogP contribution in [0.1, 0.15) is 0 Å². The molecule has 0 amide bonds. The molecule has 0 aliphatic carbocycles. The second-order valence-corrected chi connectivity index (χ2v) is 6.28. The largest absolute Gasteiger partial charge is 0.479 e. The first-order valence-corrected chi connectivity index (χ1v) is 7.96. The molecule has 0 bridgehead atoms. The van der Waals surface area contributed by atoms with Gasteiger partial charge in [-0.2, -0.15) is 5.26 Å². The summed E-state index contributed by atoms with van der Waals surface area (Å²) in [6.45, 7) is -0.00679. The smallest absolute Gasteiger partial charge is 0.175 e. The molecule has 0 unspecified atom stereocenters. The SMILES string of the molecule is CS(=O)(=O)c1ccc(Oc2ccc(OCC#N)cc2)cc1. The van der Waals surface area contributed by atoms with E-state index in [4.69, 9.17) is 14.7 Å². The average Bonchev–Trinajstić information content (AvgIpc) is 2.46. The van der Waals surface area contributed by atoms with Gasteiger partial charge < -0.3 is 9.47 Å². The zero-order valence-corrected chi connectivity index (χ0v) is 12.1. The van der Waals surface area contributed by atoms with Crippen LogP contribution in [0.3, 0.4) is 0 Å². The maximum Gasteiger partial charge on any atom is 0.175 e. The molecule has 0 aliphatic rings. The van der Waals surface area contributed by atoms with Crippen molar-refractivity contribution in [1.82, 2.24) is 0 Å². The van der Waals surface area contributed by atoms with Crippen LogP contribution in [-0.2, 0) is 9.84 Å². The fourth-order valence-corrected chi connectivity index (χ4v) is 2.24. The lowest BCUT2D eigenvalue weighted by Crippen LogP contribution is -1.96. The van der Waals surface area contributed by atoms with E-state index in [-0.39, 0.29) is 11.5 Å². The molecule has 0 fully saturated rings. The predicted octanol–water partition coefficient (Wildman–Crippen LogP) is 2.78. The molecule has 108 valence electrons. The van der Waals surface area contributed by atoms with E-state index in [1.165, 1.54) is 12.1 Å². The Morgan fingerprint density at radius 2 is 1.43 bits per heavy atom. The molecule has 2 aromatic rings. The van der Waals surface area contributed by atoms with Crippen LogP contribution in [0.2, 0.25) is 0 Å². The van der Waals surface area contributed by atoms with Crippen LogP contribution in [0.4, 0.5) is 0 Å². The van der Waals surface area contributed by atoms with Crippen molar-refractivity contribution in [1.29, 1.82) is 5.26 Å². The Balaban J connectivity index is 2.06. The molecular formula is C15H13NO4S. The fraction of sp³-hybridized carbons (Fsp3) is 0.133. The summed E-state index contributed by atoms with van der Waals surface area (Å²) < 4.78 is 33.4. The number of nitrogens with zero attached hydrogens (tertiary/aromatic N) is 1. The number of rotatable bonds is 5. The van der Waals surface area contributed by atoms with E-state index in [0.29, 0.717) is 17.2 Å². The molecular weight excluding hydrogens is 290 g/mol. The maximum absolute atomic E-state index is 11.3. The molecule has 0 atom stereocenters. The summed E-state index contributed by atoms with van der Waals surface area (Å²) in [6.07, 6.45) is 1.16. The van der Waals surface area contributed by atoms with Gasteiger partial charge in [-0.25, -0.2) is 8.42 Å². The number of benzene rings is 2. The van der Waals surface area contributed by atoms with E-state index in [1.54, 1.807) is 36.4 Å². The van der Waals surface area contributed by atoms with Crippen molar-refractivity contribution < 1.29 is 17.9 Å². The normalized spacial score (nSPS) is 10.7. The van der Waals surface area contributed by atoms with Gasteiger partial charge in [0.1, 0.15) is 23.3 Å². The van der Waals surface area contributed by atoms with Crippen LogP contribution < -0.4 is 9.47 Å². The summed E-state index contributed by atoms with van der Waals surface area (Å²) in [6, 6.07) is 14.9. The zero-order chi connectivity index (χ0) is 15.3. The fourth-order valence-electron chi connectivity index (χ4n) is 1.61. The van der Waals surface area contributed by atoms with Crippen molar-refractivity contribution >= 4 is 9.84 Å². The van der Waals surface area contributed by atoms with Gasteiger partial charge in [0.25, 0.3) is 0 Å². The van der Waals surface area contributed by atoms with Crippen molar-refractivity contribution in [3.63, 3.8) is 0 Å². The van der Waals surface area contributed by atoms with Gasteiger partial charge in [0.15, 0.2) is 16.4 Å². The molecule has 2 aromatic carbocycles. The summed E-state index contributed by atoms with van der Waals surface area (Å²) in [7, 11) is -3.21. The van der Waals surface area contributed by atoms with Crippen LogP contribution in [0.25, 0.3) is 0 Å². The standard InChI is InChI=1S/C15H13NO4S/c1-21(17,18)15-8-6-14(7-9-15)20-13-4-2-12(3-5-13)19-11-10-16/h2-9H,11H2,1H3. The molecule has 0 heterocycles. The van der Waals surface area contributed by atoms with Crippen molar-refractivity contribution in [3.05, 3.63) is 48.5 Å². The van der Waals surface area contributed by atoms with Crippen LogP contribution in [0.15, 0.2) is 53.4 Å². The van der Waals surface area contributed by atoms with E-state index >= 15 is 0 Å². The summed E-state index contributed by atoms with van der Waals surface area (Å²) in [5, 5.41) is 8.41. The van der Waals surface area contributed by atoms with Crippen molar-refractivity contribution in [2.75, 3.05) is 12.9 Å². The number of nitriles is 1. The lowest BCUT2D eigenvalue weighted by atomic mass is 10.3. The minimum absolute atomic E-state index is 0.00679. The summed E-state index contributed by atoms with van der Waals surface area (Å²) in [5.41, 5.74) is 0. The van der Waals surface area contributed by atoms with E-state index < -0.39 is 9.84 Å². The minimum Gasteiger partial charge on any atom is -0.479 e. The van der Waals surface area contributed by atoms with Gasteiger partial charge in [0.2, 0.25) is 0 Å². The second kappa shape index (κ2) is 6.29. The van der Waals surface area contributed by atoms with Crippen LogP contribution in [-0.4, -0.2) is 21.3 Å². The van der Waals surface area contributed by atoms with Crippen molar-refractivity contribution in [3.8, 4) is 23.3 Å². The first-order valence-electron chi connectivity index (χ1n) is 6.07. The topological polar surface area (TPSA) is 76.4 Å². The molecule has 0 saturated carbocycles. The lowest BCUT2D eigenvalue weighted by molar-refractivity contribution is 0.367. The maximum atomic E-state index is 11.3. The first-order chi connectivity index (χ1) is 9.99. The van der Waals surface area contributed by atoms with Crippen LogP contribution in [0.5, 0.6) is 17.2 Å². The molecule has 0 saturated heterocycles. The van der Waals surface area contributed by atoms with Gasteiger partial charge in [0.05, 0.1) is 4.90 Å². The van der Waals surface area contributed by atoms with Gasteiger partial charge in [-0.1, -0.05) is 0 Å². The highest BCUT2D eigenvalue weighted by Crippen LogP contribution is 2.24. The van der Waals surface area contributed by atoms with Crippen LogP contribution >= 0.6 is 0 Å². The van der Waals surface area contributed by atoms with E-state index in [0.717, 1.165) is 6.26 Å². The molecule has 5 nitrogen and oxygen atoms in total. The Kier molecular flexibility index (Phi) is 4.45. The number of ether oxygens (including phenoxy) is 2. The Labute approximate surface area is 123 Å². The quantitative estimate of drug-likeness (QED) is 0.849. The molecule has 0 aromatic heterocycles. The Morgan fingerprint density at radius 3 is 1.90 bits per heavy atom. The number of sulfone groups is 1. The highest BCUT2D eigenvalue weighted by Gasteiger charge is 2.06. The first kappa shape index (κ1) is 14.9. The Morgan fingerprint density at radius 1 is 0.952 bits per heavy atom. The third kappa shape index (κ3) is 4.23. The predicted molar refractivity (Wildman–Crippen MR) is 77.2 cm³/mol. The van der Waals surface area contributed by atoms with E-state index in [2.05, 4.69) is 0 Å². The molecule has 0 N–H and O–H groups in total. The zero-order valence-electron chi connectivity index (χ0n) is 11.3. The summed E-state index contributed by atoms with van der Waals surface area (Å²) in [4.78, 5) is 0.245. The van der Waals surface area contributed by atoms with Crippen molar-refractivity contribution in [2.45, 2.75) is 4.90 Å². The van der Waals surface area contributed by atoms with Gasteiger partial charge in [0, 0.05) is 6.26 Å². The van der Waals surface area contributed by atoms with Crippen molar-refractivity contribution in [2.24, 2.45) is 0 Å². The molecule has 0 radical (unpaired) electrons. The monoisotopic (exact) mass is 303 g/mol. The lowest BCUT2D eigenvalue weighted by Gasteiger charge is -2.07. The van der Waals surface area contributed by atoms with Gasteiger partial charge in [-0.05, 0) is 48.5 Å². The van der Waals surface area contributed by atoms with Crippen LogP contribution in [0, 0.1) is 11.3 Å². The third-order valence-electron chi connectivity index (χ3n) is 2.61.